The number of oxazole rings is 1. The van der Waals surface area contributed by atoms with Crippen molar-refractivity contribution in [1.82, 2.24) is 14.4 Å². The third-order valence-corrected chi connectivity index (χ3v) is 5.07. The minimum absolute atomic E-state index is 0.0176. The lowest BCUT2D eigenvalue weighted by atomic mass is 10.2. The normalized spacial score (nSPS) is 15.5. The van der Waals surface area contributed by atoms with Gasteiger partial charge in [-0.1, -0.05) is 54.6 Å². The van der Waals surface area contributed by atoms with Crippen molar-refractivity contribution < 1.29 is 9.21 Å². The molecule has 1 aliphatic rings. The summed E-state index contributed by atoms with van der Waals surface area (Å²) in [5.41, 5.74) is 2.36. The number of carbonyl (C=O) groups excluding carboxylic acids is 1. The highest BCUT2D eigenvalue weighted by Crippen LogP contribution is 2.12. The van der Waals surface area contributed by atoms with Crippen molar-refractivity contribution in [2.45, 2.75) is 6.54 Å². The van der Waals surface area contributed by atoms with E-state index >= 15 is 0 Å². The van der Waals surface area contributed by atoms with Crippen LogP contribution in [-0.2, 0) is 11.3 Å². The van der Waals surface area contributed by atoms with Crippen LogP contribution in [0.15, 0.2) is 69.9 Å². The lowest BCUT2D eigenvalue weighted by Crippen LogP contribution is -2.49. The molecule has 1 saturated heterocycles. The molecule has 28 heavy (non-hydrogen) atoms. The Hall–Kier alpha value is -3.12. The summed E-state index contributed by atoms with van der Waals surface area (Å²) in [4.78, 5) is 28.9. The van der Waals surface area contributed by atoms with E-state index < -0.39 is 5.76 Å². The highest BCUT2D eigenvalue weighted by atomic mass is 16.4. The average molecular weight is 377 g/mol. The summed E-state index contributed by atoms with van der Waals surface area (Å²) in [5.74, 6) is -0.535. The number of aromatic nitrogens is 1. The lowest BCUT2D eigenvalue weighted by Gasteiger charge is -2.34. The topological polar surface area (TPSA) is 58.7 Å². The lowest BCUT2D eigenvalue weighted by molar-refractivity contribution is -0.133. The van der Waals surface area contributed by atoms with Gasteiger partial charge in [0.1, 0.15) is 6.54 Å². The van der Waals surface area contributed by atoms with Crippen molar-refractivity contribution in [1.29, 1.82) is 0 Å². The minimum Gasteiger partial charge on any atom is -0.408 e. The van der Waals surface area contributed by atoms with Gasteiger partial charge in [-0.05, 0) is 17.7 Å². The van der Waals surface area contributed by atoms with Crippen molar-refractivity contribution in [3.63, 3.8) is 0 Å². The third kappa shape index (κ3) is 4.07. The van der Waals surface area contributed by atoms with Crippen molar-refractivity contribution >= 4 is 23.1 Å². The Balaban J connectivity index is 1.31. The first kappa shape index (κ1) is 18.3. The average Bonchev–Trinajstić information content (AvgIpc) is 3.04. The molecular formula is C22H23N3O3. The number of carbonyl (C=O) groups is 1. The number of hydrogen-bond donors (Lipinski definition) is 0. The Morgan fingerprint density at radius 3 is 2.46 bits per heavy atom. The number of nitrogens with zero attached hydrogens (tertiary/aromatic N) is 3. The first-order valence-corrected chi connectivity index (χ1v) is 9.51. The number of piperazine rings is 1. The first-order chi connectivity index (χ1) is 13.7. The van der Waals surface area contributed by atoms with E-state index in [0.29, 0.717) is 24.2 Å². The van der Waals surface area contributed by atoms with Crippen LogP contribution >= 0.6 is 0 Å². The third-order valence-electron chi connectivity index (χ3n) is 5.07. The summed E-state index contributed by atoms with van der Waals surface area (Å²) in [6.45, 7) is 3.87. The molecule has 1 aromatic heterocycles. The van der Waals surface area contributed by atoms with Crippen LogP contribution in [0.5, 0.6) is 0 Å². The number of fused-ring (bicyclic) bond motifs is 1. The fraction of sp³-hybridized carbons (Fsp3) is 0.273. The van der Waals surface area contributed by atoms with E-state index in [1.165, 1.54) is 10.1 Å². The summed E-state index contributed by atoms with van der Waals surface area (Å²) >= 11 is 0. The zero-order valence-electron chi connectivity index (χ0n) is 15.7. The predicted molar refractivity (Wildman–Crippen MR) is 109 cm³/mol. The molecule has 3 aromatic rings. The predicted octanol–water partition coefficient (Wildman–Crippen LogP) is 2.45. The maximum atomic E-state index is 12.7. The quantitative estimate of drug-likeness (QED) is 0.685. The van der Waals surface area contributed by atoms with Crippen LogP contribution in [0.3, 0.4) is 0 Å². The van der Waals surface area contributed by atoms with Gasteiger partial charge in [-0.3, -0.25) is 14.3 Å². The SMILES string of the molecule is O=C(Cn1c(=O)oc2ccccc21)N1CCN(CC=Cc2ccccc2)CC1. The van der Waals surface area contributed by atoms with Crippen LogP contribution in [0, 0.1) is 0 Å². The summed E-state index contributed by atoms with van der Waals surface area (Å²) in [7, 11) is 0. The summed E-state index contributed by atoms with van der Waals surface area (Å²) < 4.78 is 6.62. The monoisotopic (exact) mass is 377 g/mol. The summed E-state index contributed by atoms with van der Waals surface area (Å²) in [6, 6.07) is 17.4. The van der Waals surface area contributed by atoms with E-state index in [9.17, 15) is 9.59 Å². The highest BCUT2D eigenvalue weighted by molar-refractivity contribution is 5.79. The van der Waals surface area contributed by atoms with E-state index in [0.717, 1.165) is 19.6 Å². The van der Waals surface area contributed by atoms with Gasteiger partial charge in [0, 0.05) is 32.7 Å². The molecule has 0 atom stereocenters. The highest BCUT2D eigenvalue weighted by Gasteiger charge is 2.22. The molecule has 1 aliphatic heterocycles. The second kappa shape index (κ2) is 8.27. The maximum absolute atomic E-state index is 12.7. The molecule has 0 N–H and O–H groups in total. The molecule has 2 heterocycles. The van der Waals surface area contributed by atoms with E-state index in [1.807, 2.05) is 35.2 Å². The molecule has 0 aliphatic carbocycles. The van der Waals surface area contributed by atoms with Crippen LogP contribution < -0.4 is 5.76 Å². The molecule has 0 unspecified atom stereocenters. The van der Waals surface area contributed by atoms with Crippen LogP contribution in [0.1, 0.15) is 5.56 Å². The van der Waals surface area contributed by atoms with Gasteiger partial charge < -0.3 is 9.32 Å². The Kier molecular flexibility index (Phi) is 5.39. The van der Waals surface area contributed by atoms with Gasteiger partial charge in [0.05, 0.1) is 5.52 Å². The van der Waals surface area contributed by atoms with Crippen LogP contribution in [0.25, 0.3) is 17.2 Å². The van der Waals surface area contributed by atoms with E-state index in [1.54, 1.807) is 12.1 Å². The van der Waals surface area contributed by atoms with Crippen molar-refractivity contribution in [3.05, 3.63) is 76.8 Å². The van der Waals surface area contributed by atoms with Crippen LogP contribution in [0.4, 0.5) is 0 Å². The Bertz CT molecular complexity index is 1030. The van der Waals surface area contributed by atoms with Gasteiger partial charge in [0.25, 0.3) is 0 Å². The zero-order valence-corrected chi connectivity index (χ0v) is 15.7. The number of hydrogen-bond acceptors (Lipinski definition) is 4. The fourth-order valence-electron chi connectivity index (χ4n) is 3.48. The van der Waals surface area contributed by atoms with E-state index in [4.69, 9.17) is 4.42 Å². The first-order valence-electron chi connectivity index (χ1n) is 9.51. The Morgan fingerprint density at radius 1 is 0.964 bits per heavy atom. The molecular weight excluding hydrogens is 354 g/mol. The minimum atomic E-state index is -0.487. The van der Waals surface area contributed by atoms with Crippen LogP contribution in [0.2, 0.25) is 0 Å². The van der Waals surface area contributed by atoms with E-state index in [-0.39, 0.29) is 12.5 Å². The molecule has 4 rings (SSSR count). The molecule has 0 bridgehead atoms. The number of rotatable bonds is 5. The molecule has 0 spiro atoms. The van der Waals surface area contributed by atoms with Gasteiger partial charge in [-0.15, -0.1) is 0 Å². The van der Waals surface area contributed by atoms with Gasteiger partial charge in [-0.25, -0.2) is 4.79 Å². The van der Waals surface area contributed by atoms with E-state index in [2.05, 4.69) is 29.2 Å². The van der Waals surface area contributed by atoms with Gasteiger partial charge in [0.2, 0.25) is 5.91 Å². The van der Waals surface area contributed by atoms with Crippen molar-refractivity contribution in [2.24, 2.45) is 0 Å². The largest absolute Gasteiger partial charge is 0.420 e. The van der Waals surface area contributed by atoms with Crippen LogP contribution in [-0.4, -0.2) is 53.0 Å². The molecule has 144 valence electrons. The number of amides is 1. The van der Waals surface area contributed by atoms with Gasteiger partial charge in [0.15, 0.2) is 5.58 Å². The van der Waals surface area contributed by atoms with Crippen molar-refractivity contribution in [2.75, 3.05) is 32.7 Å². The Morgan fingerprint density at radius 2 is 1.68 bits per heavy atom. The fourth-order valence-corrected chi connectivity index (χ4v) is 3.48. The summed E-state index contributed by atoms with van der Waals surface area (Å²) in [5, 5.41) is 0. The molecule has 1 amide bonds. The van der Waals surface area contributed by atoms with Gasteiger partial charge >= 0.3 is 5.76 Å². The smallest absolute Gasteiger partial charge is 0.408 e. The number of para-hydroxylation sites is 2. The molecule has 6 nitrogen and oxygen atoms in total. The maximum Gasteiger partial charge on any atom is 0.420 e. The molecule has 0 radical (unpaired) electrons. The van der Waals surface area contributed by atoms with Gasteiger partial charge in [-0.2, -0.15) is 0 Å². The Labute approximate surface area is 163 Å². The van der Waals surface area contributed by atoms with Crippen molar-refractivity contribution in [3.8, 4) is 0 Å². The molecule has 0 saturated carbocycles. The standard InChI is InChI=1S/C22H23N3O3/c26-21(17-25-19-10-4-5-11-20(19)28-22(25)27)24-15-13-23(14-16-24)12-6-9-18-7-2-1-3-8-18/h1-11H,12-17H2. The summed E-state index contributed by atoms with van der Waals surface area (Å²) in [6.07, 6.45) is 4.28. The molecule has 2 aromatic carbocycles. The molecule has 6 heteroatoms. The molecule has 1 fully saturated rings. The zero-order chi connectivity index (χ0) is 19.3. The number of benzene rings is 2. The second-order valence-corrected chi connectivity index (χ2v) is 6.92. The second-order valence-electron chi connectivity index (χ2n) is 6.92.